The van der Waals surface area contributed by atoms with E-state index in [1.165, 1.54) is 6.07 Å². The van der Waals surface area contributed by atoms with Crippen LogP contribution in [-0.2, 0) is 16.0 Å². The van der Waals surface area contributed by atoms with E-state index in [9.17, 15) is 18.4 Å². The Hall–Kier alpha value is -2.02. The van der Waals surface area contributed by atoms with Crippen LogP contribution in [0.3, 0.4) is 0 Å². The van der Waals surface area contributed by atoms with Crippen LogP contribution in [0.4, 0.5) is 8.78 Å². The Bertz CT molecular complexity index is 595. The number of carbonyl (C=O) groups excluding carboxylic acids is 2. The first-order valence-electron chi connectivity index (χ1n) is 7.52. The fraction of sp³-hybridized carbons (Fsp3) is 0.500. The molecule has 1 fully saturated rings. The third kappa shape index (κ3) is 4.48. The predicted octanol–water partition coefficient (Wildman–Crippen LogP) is 0.644. The minimum atomic E-state index is -0.964. The SMILES string of the molecule is CNC(=O)C1CN(C)CCN(C(=O)Cc2ccc(F)c(F)c2)C1. The molecule has 1 aliphatic heterocycles. The number of nitrogens with one attached hydrogen (secondary N) is 1. The van der Waals surface area contributed by atoms with Gasteiger partial charge >= 0.3 is 0 Å². The number of likely N-dealkylation sites (N-methyl/N-ethyl adjacent to an activating group) is 1. The van der Waals surface area contributed by atoms with Crippen LogP contribution >= 0.6 is 0 Å². The van der Waals surface area contributed by atoms with Crippen molar-refractivity contribution in [3.05, 3.63) is 35.4 Å². The number of hydrogen-bond donors (Lipinski definition) is 1. The number of hydrogen-bond acceptors (Lipinski definition) is 3. The first kappa shape index (κ1) is 17.3. The first-order chi connectivity index (χ1) is 10.9. The molecule has 0 aromatic heterocycles. The molecule has 23 heavy (non-hydrogen) atoms. The number of halogens is 2. The van der Waals surface area contributed by atoms with Gasteiger partial charge in [0.2, 0.25) is 11.8 Å². The largest absolute Gasteiger partial charge is 0.359 e. The second-order valence-electron chi connectivity index (χ2n) is 5.84. The van der Waals surface area contributed by atoms with Crippen LogP contribution in [0.25, 0.3) is 0 Å². The van der Waals surface area contributed by atoms with Crippen molar-refractivity contribution in [2.75, 3.05) is 40.3 Å². The van der Waals surface area contributed by atoms with Crippen LogP contribution in [0, 0.1) is 17.6 Å². The molecule has 1 saturated heterocycles. The summed E-state index contributed by atoms with van der Waals surface area (Å²) >= 11 is 0. The fourth-order valence-electron chi connectivity index (χ4n) is 2.71. The van der Waals surface area contributed by atoms with Gasteiger partial charge in [-0.1, -0.05) is 6.07 Å². The Morgan fingerprint density at radius 2 is 1.96 bits per heavy atom. The van der Waals surface area contributed by atoms with Crippen LogP contribution in [0.5, 0.6) is 0 Å². The molecule has 126 valence electrons. The molecular weight excluding hydrogens is 304 g/mol. The van der Waals surface area contributed by atoms with Gasteiger partial charge in [-0.05, 0) is 24.7 Å². The number of carbonyl (C=O) groups is 2. The Morgan fingerprint density at radius 3 is 2.61 bits per heavy atom. The van der Waals surface area contributed by atoms with Crippen molar-refractivity contribution in [3.8, 4) is 0 Å². The van der Waals surface area contributed by atoms with Crippen LogP contribution < -0.4 is 5.32 Å². The Labute approximate surface area is 134 Å². The van der Waals surface area contributed by atoms with E-state index in [4.69, 9.17) is 0 Å². The zero-order valence-corrected chi connectivity index (χ0v) is 13.3. The van der Waals surface area contributed by atoms with E-state index in [1.54, 1.807) is 11.9 Å². The molecule has 2 rings (SSSR count). The van der Waals surface area contributed by atoms with Gasteiger partial charge in [-0.15, -0.1) is 0 Å². The highest BCUT2D eigenvalue weighted by Gasteiger charge is 2.28. The fourth-order valence-corrected chi connectivity index (χ4v) is 2.71. The lowest BCUT2D eigenvalue weighted by atomic mass is 10.1. The van der Waals surface area contributed by atoms with Gasteiger partial charge in [-0.3, -0.25) is 9.59 Å². The van der Waals surface area contributed by atoms with Crippen LogP contribution in [0.2, 0.25) is 0 Å². The number of rotatable bonds is 3. The van der Waals surface area contributed by atoms with Gasteiger partial charge in [0, 0.05) is 33.2 Å². The highest BCUT2D eigenvalue weighted by atomic mass is 19.2. The van der Waals surface area contributed by atoms with Crippen molar-refractivity contribution in [3.63, 3.8) is 0 Å². The van der Waals surface area contributed by atoms with Crippen molar-refractivity contribution in [2.24, 2.45) is 5.92 Å². The molecule has 7 heteroatoms. The maximum atomic E-state index is 13.2. The van der Waals surface area contributed by atoms with Crippen molar-refractivity contribution in [1.29, 1.82) is 0 Å². The lowest BCUT2D eigenvalue weighted by molar-refractivity contribution is -0.132. The van der Waals surface area contributed by atoms with Crippen molar-refractivity contribution in [1.82, 2.24) is 15.1 Å². The molecule has 5 nitrogen and oxygen atoms in total. The molecule has 0 bridgehead atoms. The van der Waals surface area contributed by atoms with Gasteiger partial charge in [0.1, 0.15) is 0 Å². The maximum Gasteiger partial charge on any atom is 0.227 e. The average molecular weight is 325 g/mol. The Morgan fingerprint density at radius 1 is 1.22 bits per heavy atom. The van der Waals surface area contributed by atoms with Crippen molar-refractivity contribution in [2.45, 2.75) is 6.42 Å². The Kier molecular flexibility index (Phi) is 5.65. The van der Waals surface area contributed by atoms with Crippen molar-refractivity contribution >= 4 is 11.8 Å². The molecule has 1 N–H and O–H groups in total. The molecule has 0 saturated carbocycles. The zero-order chi connectivity index (χ0) is 17.0. The molecular formula is C16H21F2N3O2. The quantitative estimate of drug-likeness (QED) is 0.887. The van der Waals surface area contributed by atoms with Gasteiger partial charge in [0.25, 0.3) is 0 Å². The molecule has 2 amide bonds. The van der Waals surface area contributed by atoms with Crippen molar-refractivity contribution < 1.29 is 18.4 Å². The molecule has 0 radical (unpaired) electrons. The summed E-state index contributed by atoms with van der Waals surface area (Å²) in [6, 6.07) is 3.45. The lowest BCUT2D eigenvalue weighted by Crippen LogP contribution is -2.41. The highest BCUT2D eigenvalue weighted by molar-refractivity contribution is 5.82. The van der Waals surface area contributed by atoms with Crippen LogP contribution in [-0.4, -0.2) is 61.9 Å². The van der Waals surface area contributed by atoms with E-state index in [0.29, 0.717) is 31.7 Å². The summed E-state index contributed by atoms with van der Waals surface area (Å²) in [7, 11) is 3.47. The first-order valence-corrected chi connectivity index (χ1v) is 7.52. The third-order valence-electron chi connectivity index (χ3n) is 4.03. The molecule has 1 heterocycles. The summed E-state index contributed by atoms with van der Waals surface area (Å²) in [4.78, 5) is 28.0. The zero-order valence-electron chi connectivity index (χ0n) is 13.3. The number of amides is 2. The molecule has 0 aliphatic carbocycles. The van der Waals surface area contributed by atoms with E-state index < -0.39 is 11.6 Å². The highest BCUT2D eigenvalue weighted by Crippen LogP contribution is 2.13. The molecule has 1 aromatic rings. The predicted molar refractivity (Wildman–Crippen MR) is 81.7 cm³/mol. The summed E-state index contributed by atoms with van der Waals surface area (Å²) in [6.07, 6.45) is -0.0125. The third-order valence-corrected chi connectivity index (χ3v) is 4.03. The van der Waals surface area contributed by atoms with E-state index in [2.05, 4.69) is 5.32 Å². The van der Waals surface area contributed by atoms with Gasteiger partial charge < -0.3 is 15.1 Å². The van der Waals surface area contributed by atoms with E-state index in [1.807, 2.05) is 11.9 Å². The monoisotopic (exact) mass is 325 g/mol. The summed E-state index contributed by atoms with van der Waals surface area (Å²) in [5.74, 6) is -2.50. The molecule has 1 atom stereocenters. The summed E-state index contributed by atoms with van der Waals surface area (Å²) in [6.45, 7) is 2.07. The summed E-state index contributed by atoms with van der Waals surface area (Å²) in [5.41, 5.74) is 0.419. The number of nitrogens with zero attached hydrogens (tertiary/aromatic N) is 2. The molecule has 1 unspecified atom stereocenters. The molecule has 1 aromatic carbocycles. The summed E-state index contributed by atoms with van der Waals surface area (Å²) < 4.78 is 26.2. The van der Waals surface area contributed by atoms with E-state index in [-0.39, 0.29) is 24.2 Å². The van der Waals surface area contributed by atoms with Gasteiger partial charge in [-0.25, -0.2) is 8.78 Å². The Balaban J connectivity index is 2.07. The minimum Gasteiger partial charge on any atom is -0.359 e. The second-order valence-corrected chi connectivity index (χ2v) is 5.84. The van der Waals surface area contributed by atoms with E-state index in [0.717, 1.165) is 12.1 Å². The van der Waals surface area contributed by atoms with Gasteiger partial charge in [-0.2, -0.15) is 0 Å². The van der Waals surface area contributed by atoms with Gasteiger partial charge in [0.05, 0.1) is 12.3 Å². The lowest BCUT2D eigenvalue weighted by Gasteiger charge is -2.23. The second kappa shape index (κ2) is 7.50. The standard InChI is InChI=1S/C16H21F2N3O2/c1-19-16(23)12-9-20(2)5-6-21(10-12)15(22)8-11-3-4-13(17)14(18)7-11/h3-4,7,12H,5-6,8-10H2,1-2H3,(H,19,23). The topological polar surface area (TPSA) is 52.7 Å². The van der Waals surface area contributed by atoms with Crippen LogP contribution in [0.15, 0.2) is 18.2 Å². The molecule has 0 spiro atoms. The normalized spacial score (nSPS) is 19.3. The molecule has 1 aliphatic rings. The summed E-state index contributed by atoms with van der Waals surface area (Å²) in [5, 5.41) is 2.61. The smallest absolute Gasteiger partial charge is 0.227 e. The van der Waals surface area contributed by atoms with E-state index >= 15 is 0 Å². The van der Waals surface area contributed by atoms with Gasteiger partial charge in [0.15, 0.2) is 11.6 Å². The van der Waals surface area contributed by atoms with Crippen LogP contribution in [0.1, 0.15) is 5.56 Å². The minimum absolute atomic E-state index is 0.0125. The maximum absolute atomic E-state index is 13.2. The number of benzene rings is 1. The average Bonchev–Trinajstić information content (AvgIpc) is 2.72.